The summed E-state index contributed by atoms with van der Waals surface area (Å²) in [6, 6.07) is 18.6. The summed E-state index contributed by atoms with van der Waals surface area (Å²) in [5.41, 5.74) is 3.53. The summed E-state index contributed by atoms with van der Waals surface area (Å²) in [6.07, 6.45) is 2.46. The van der Waals surface area contributed by atoms with E-state index in [2.05, 4.69) is 46.0 Å². The predicted octanol–water partition coefficient (Wildman–Crippen LogP) is 3.72. The van der Waals surface area contributed by atoms with Crippen LogP contribution in [0.2, 0.25) is 0 Å². The fourth-order valence-electron chi connectivity index (χ4n) is 4.00. The molecule has 2 aromatic carbocycles. The second-order valence-corrected chi connectivity index (χ2v) is 9.45. The van der Waals surface area contributed by atoms with E-state index in [0.29, 0.717) is 5.92 Å². The topological polar surface area (TPSA) is 58.6 Å². The molecule has 2 aromatic rings. The van der Waals surface area contributed by atoms with Gasteiger partial charge in [0.25, 0.3) is 0 Å². The third kappa shape index (κ3) is 6.79. The molecule has 29 heavy (non-hydrogen) atoms. The van der Waals surface area contributed by atoms with Crippen molar-refractivity contribution >= 4 is 22.4 Å². The van der Waals surface area contributed by atoms with E-state index in [9.17, 15) is 8.42 Å². The fourth-order valence-corrected chi connectivity index (χ4v) is 4.78. The Balaban J connectivity index is 0.00000300. The van der Waals surface area contributed by atoms with Crippen LogP contribution in [0, 0.1) is 0 Å². The molecule has 160 valence electrons. The van der Waals surface area contributed by atoms with E-state index < -0.39 is 10.0 Å². The Morgan fingerprint density at radius 2 is 1.79 bits per heavy atom. The van der Waals surface area contributed by atoms with E-state index in [1.807, 2.05) is 25.1 Å². The van der Waals surface area contributed by atoms with Crippen molar-refractivity contribution in [2.75, 3.05) is 26.5 Å². The molecule has 7 heteroatoms. The number of hydrogen-bond donors (Lipinski definition) is 1. The monoisotopic (exact) mass is 438 g/mol. The molecule has 3 atom stereocenters. The number of ether oxygens (including phenoxy) is 1. The van der Waals surface area contributed by atoms with Gasteiger partial charge in [0.2, 0.25) is 10.0 Å². The van der Waals surface area contributed by atoms with Gasteiger partial charge in [-0.2, -0.15) is 0 Å². The highest BCUT2D eigenvalue weighted by Gasteiger charge is 2.30. The van der Waals surface area contributed by atoms with Crippen molar-refractivity contribution < 1.29 is 13.2 Å². The Kier molecular flexibility index (Phi) is 8.67. The first-order valence-corrected chi connectivity index (χ1v) is 11.6. The van der Waals surface area contributed by atoms with Crippen LogP contribution in [-0.2, 0) is 21.3 Å². The summed E-state index contributed by atoms with van der Waals surface area (Å²) in [5, 5.41) is 0. The molecule has 0 aromatic heterocycles. The number of nitrogens with zero attached hydrogens (tertiary/aromatic N) is 1. The van der Waals surface area contributed by atoms with Crippen molar-refractivity contribution in [1.82, 2.24) is 9.62 Å². The van der Waals surface area contributed by atoms with Crippen molar-refractivity contribution in [1.29, 1.82) is 0 Å². The molecule has 1 aliphatic heterocycles. The zero-order valence-electron chi connectivity index (χ0n) is 17.2. The number of hydrogen-bond acceptors (Lipinski definition) is 4. The minimum absolute atomic E-state index is 0. The maximum atomic E-state index is 11.4. The molecule has 5 nitrogen and oxygen atoms in total. The molecule has 0 amide bonds. The average molecular weight is 439 g/mol. The highest BCUT2D eigenvalue weighted by Crippen LogP contribution is 2.30. The number of methoxy groups -OCH3 is 1. The normalized spacial score (nSPS) is 21.3. The van der Waals surface area contributed by atoms with Gasteiger partial charge in [-0.15, -0.1) is 12.4 Å². The average Bonchev–Trinajstić information content (AvgIpc) is 2.68. The lowest BCUT2D eigenvalue weighted by Crippen LogP contribution is -2.42. The van der Waals surface area contributed by atoms with Crippen molar-refractivity contribution in [3.8, 4) is 0 Å². The minimum Gasteiger partial charge on any atom is -0.381 e. The second kappa shape index (κ2) is 10.5. The van der Waals surface area contributed by atoms with E-state index in [0.717, 1.165) is 31.6 Å². The second-order valence-electron chi connectivity index (χ2n) is 7.67. The van der Waals surface area contributed by atoms with Gasteiger partial charge in [0.15, 0.2) is 0 Å². The van der Waals surface area contributed by atoms with Crippen LogP contribution < -0.4 is 4.72 Å². The number of likely N-dealkylation sites (tertiary alicyclic amines) is 1. The SMILES string of the molecule is COC1CCN(Cc2ccc([C@@H](C)NS(C)(=O)=O)cc2)C[C@@H]1c1ccccc1.Cl. The van der Waals surface area contributed by atoms with Crippen LogP contribution in [-0.4, -0.2) is 45.9 Å². The largest absolute Gasteiger partial charge is 0.381 e. The summed E-state index contributed by atoms with van der Waals surface area (Å²) >= 11 is 0. The molecule has 0 aliphatic carbocycles. The highest BCUT2D eigenvalue weighted by molar-refractivity contribution is 7.88. The van der Waals surface area contributed by atoms with Crippen LogP contribution in [0.4, 0.5) is 0 Å². The first-order valence-electron chi connectivity index (χ1n) is 9.72. The molecule has 0 bridgehead atoms. The molecule has 1 N–H and O–H groups in total. The smallest absolute Gasteiger partial charge is 0.209 e. The number of nitrogens with one attached hydrogen (secondary N) is 1. The van der Waals surface area contributed by atoms with Crippen LogP contribution in [0.3, 0.4) is 0 Å². The van der Waals surface area contributed by atoms with E-state index in [1.54, 1.807) is 7.11 Å². The number of benzene rings is 2. The molecule has 1 saturated heterocycles. The van der Waals surface area contributed by atoms with Crippen molar-refractivity contribution in [3.05, 3.63) is 71.3 Å². The number of rotatable bonds is 7. The Morgan fingerprint density at radius 3 is 2.38 bits per heavy atom. The summed E-state index contributed by atoms with van der Waals surface area (Å²) in [6.45, 7) is 4.72. The van der Waals surface area contributed by atoms with Crippen LogP contribution in [0.5, 0.6) is 0 Å². The summed E-state index contributed by atoms with van der Waals surface area (Å²) in [4.78, 5) is 2.47. The van der Waals surface area contributed by atoms with Gasteiger partial charge in [0, 0.05) is 38.7 Å². The van der Waals surface area contributed by atoms with Gasteiger partial charge < -0.3 is 4.74 Å². The zero-order valence-corrected chi connectivity index (χ0v) is 18.9. The lowest BCUT2D eigenvalue weighted by Gasteiger charge is -2.38. The third-order valence-electron chi connectivity index (χ3n) is 5.44. The first-order chi connectivity index (χ1) is 13.4. The Bertz CT molecular complexity index is 859. The lowest BCUT2D eigenvalue weighted by atomic mass is 9.87. The van der Waals surface area contributed by atoms with E-state index >= 15 is 0 Å². The molecule has 0 spiro atoms. The third-order valence-corrected chi connectivity index (χ3v) is 6.22. The van der Waals surface area contributed by atoms with Crippen LogP contribution in [0.1, 0.15) is 42.0 Å². The van der Waals surface area contributed by atoms with E-state index in [-0.39, 0.29) is 24.6 Å². The molecule has 0 radical (unpaired) electrons. The predicted molar refractivity (Wildman–Crippen MR) is 120 cm³/mol. The first kappa shape index (κ1) is 23.8. The molecule has 1 heterocycles. The Hall–Kier alpha value is -1.44. The van der Waals surface area contributed by atoms with Crippen molar-refractivity contribution in [3.63, 3.8) is 0 Å². The maximum Gasteiger partial charge on any atom is 0.209 e. The molecular weight excluding hydrogens is 408 g/mol. The van der Waals surface area contributed by atoms with Crippen LogP contribution in [0.15, 0.2) is 54.6 Å². The standard InChI is InChI=1S/C22H30N2O3S.ClH/c1-17(23-28(3,25)26)19-11-9-18(10-12-19)15-24-14-13-22(27-2)21(16-24)20-7-5-4-6-8-20;/h4-12,17,21-23H,13-16H2,1-3H3;1H/t17-,21-,22?;/m1./s1. The Labute approximate surface area is 180 Å². The maximum absolute atomic E-state index is 11.4. The summed E-state index contributed by atoms with van der Waals surface area (Å²) in [5.74, 6) is 0.373. The Morgan fingerprint density at radius 1 is 1.14 bits per heavy atom. The quantitative estimate of drug-likeness (QED) is 0.715. The molecule has 1 unspecified atom stereocenters. The number of halogens is 1. The zero-order chi connectivity index (χ0) is 20.1. The van der Waals surface area contributed by atoms with Crippen LogP contribution >= 0.6 is 12.4 Å². The van der Waals surface area contributed by atoms with Crippen LogP contribution in [0.25, 0.3) is 0 Å². The van der Waals surface area contributed by atoms with Gasteiger partial charge >= 0.3 is 0 Å². The van der Waals surface area contributed by atoms with E-state index in [4.69, 9.17) is 4.74 Å². The highest BCUT2D eigenvalue weighted by atomic mass is 35.5. The number of piperidine rings is 1. The molecule has 3 rings (SSSR count). The van der Waals surface area contributed by atoms with Gasteiger partial charge in [-0.1, -0.05) is 54.6 Å². The molecule has 1 fully saturated rings. The lowest BCUT2D eigenvalue weighted by molar-refractivity contribution is 0.0198. The van der Waals surface area contributed by atoms with Crippen molar-refractivity contribution in [2.24, 2.45) is 0 Å². The fraction of sp³-hybridized carbons (Fsp3) is 0.455. The van der Waals surface area contributed by atoms with Gasteiger partial charge in [-0.05, 0) is 30.0 Å². The summed E-state index contributed by atoms with van der Waals surface area (Å²) in [7, 11) is -1.41. The molecule has 0 saturated carbocycles. The minimum atomic E-state index is -3.21. The van der Waals surface area contributed by atoms with E-state index in [1.165, 1.54) is 17.4 Å². The summed E-state index contributed by atoms with van der Waals surface area (Å²) < 4.78 is 31.2. The van der Waals surface area contributed by atoms with Gasteiger partial charge in [0.05, 0.1) is 12.4 Å². The molecule has 1 aliphatic rings. The number of sulfonamides is 1. The van der Waals surface area contributed by atoms with Gasteiger partial charge in [-0.3, -0.25) is 4.90 Å². The van der Waals surface area contributed by atoms with Gasteiger partial charge in [0.1, 0.15) is 0 Å². The van der Waals surface area contributed by atoms with Gasteiger partial charge in [-0.25, -0.2) is 13.1 Å². The molecular formula is C22H31ClN2O3S. The van der Waals surface area contributed by atoms with Crippen molar-refractivity contribution in [2.45, 2.75) is 38.0 Å².